The SMILES string of the molecule is COC(=O)c1c(NC(=O)COC(=O)CCc2ccccc2)sc2c1CCCC2. The highest BCUT2D eigenvalue weighted by Crippen LogP contribution is 2.38. The lowest BCUT2D eigenvalue weighted by atomic mass is 9.95. The van der Waals surface area contributed by atoms with Crippen LogP contribution >= 0.6 is 11.3 Å². The van der Waals surface area contributed by atoms with Crippen LogP contribution < -0.4 is 5.32 Å². The number of esters is 2. The Balaban J connectivity index is 1.55. The van der Waals surface area contributed by atoms with E-state index in [1.807, 2.05) is 30.3 Å². The summed E-state index contributed by atoms with van der Waals surface area (Å²) in [4.78, 5) is 37.4. The van der Waals surface area contributed by atoms with E-state index in [1.165, 1.54) is 18.4 Å². The third-order valence-electron chi connectivity index (χ3n) is 4.64. The van der Waals surface area contributed by atoms with Gasteiger partial charge in [-0.2, -0.15) is 0 Å². The molecule has 0 saturated heterocycles. The fourth-order valence-corrected chi connectivity index (χ4v) is 4.54. The fraction of sp³-hybridized carbons (Fsp3) is 0.381. The molecule has 1 N–H and O–H groups in total. The predicted octanol–water partition coefficient (Wildman–Crippen LogP) is 3.53. The third-order valence-corrected chi connectivity index (χ3v) is 5.85. The van der Waals surface area contributed by atoms with E-state index in [2.05, 4.69) is 5.32 Å². The largest absolute Gasteiger partial charge is 0.465 e. The van der Waals surface area contributed by atoms with Crippen LogP contribution in [0.3, 0.4) is 0 Å². The lowest BCUT2D eigenvalue weighted by Gasteiger charge is -2.11. The molecule has 0 saturated carbocycles. The summed E-state index contributed by atoms with van der Waals surface area (Å²) in [6.45, 7) is -0.378. The average molecular weight is 401 g/mol. The zero-order valence-corrected chi connectivity index (χ0v) is 16.6. The van der Waals surface area contributed by atoms with Gasteiger partial charge in [0.15, 0.2) is 6.61 Å². The first-order chi connectivity index (χ1) is 13.6. The number of benzene rings is 1. The van der Waals surface area contributed by atoms with Crippen molar-refractivity contribution in [1.29, 1.82) is 0 Å². The van der Waals surface area contributed by atoms with Gasteiger partial charge in [-0.3, -0.25) is 9.59 Å². The van der Waals surface area contributed by atoms with Crippen molar-refractivity contribution >= 4 is 34.2 Å². The normalized spacial score (nSPS) is 12.8. The van der Waals surface area contributed by atoms with Gasteiger partial charge in [0.1, 0.15) is 5.00 Å². The predicted molar refractivity (Wildman–Crippen MR) is 107 cm³/mol. The van der Waals surface area contributed by atoms with Crippen LogP contribution in [0.2, 0.25) is 0 Å². The molecular weight excluding hydrogens is 378 g/mol. The zero-order valence-electron chi connectivity index (χ0n) is 15.8. The summed E-state index contributed by atoms with van der Waals surface area (Å²) >= 11 is 1.40. The lowest BCUT2D eigenvalue weighted by Crippen LogP contribution is -2.22. The second kappa shape index (κ2) is 9.50. The molecule has 148 valence electrons. The Morgan fingerprint density at radius 1 is 1.11 bits per heavy atom. The van der Waals surface area contributed by atoms with Crippen LogP contribution in [0.1, 0.15) is 45.6 Å². The molecule has 0 bridgehead atoms. The Kier molecular flexibility index (Phi) is 6.81. The van der Waals surface area contributed by atoms with Crippen LogP contribution in [-0.4, -0.2) is 31.6 Å². The molecule has 1 aliphatic rings. The lowest BCUT2D eigenvalue weighted by molar-refractivity contribution is -0.147. The number of nitrogens with one attached hydrogen (secondary N) is 1. The number of amides is 1. The third kappa shape index (κ3) is 4.98. The van der Waals surface area contributed by atoms with E-state index in [1.54, 1.807) is 0 Å². The van der Waals surface area contributed by atoms with Gasteiger partial charge in [0.25, 0.3) is 5.91 Å². The van der Waals surface area contributed by atoms with E-state index < -0.39 is 17.8 Å². The summed E-state index contributed by atoms with van der Waals surface area (Å²) in [5.41, 5.74) is 2.44. The van der Waals surface area contributed by atoms with Gasteiger partial charge < -0.3 is 14.8 Å². The first-order valence-corrected chi connectivity index (χ1v) is 10.1. The maximum absolute atomic E-state index is 12.2. The second-order valence-electron chi connectivity index (χ2n) is 6.60. The minimum absolute atomic E-state index is 0.206. The minimum atomic E-state index is -0.461. The zero-order chi connectivity index (χ0) is 19.9. The molecular formula is C21H23NO5S. The van der Waals surface area contributed by atoms with Crippen molar-refractivity contribution < 1.29 is 23.9 Å². The molecule has 1 heterocycles. The van der Waals surface area contributed by atoms with E-state index in [4.69, 9.17) is 9.47 Å². The standard InChI is InChI=1S/C21H23NO5S/c1-26-21(25)19-15-9-5-6-10-16(15)28-20(19)22-17(23)13-27-18(24)12-11-14-7-3-2-4-8-14/h2-4,7-8H,5-6,9-13H2,1H3,(H,22,23). The van der Waals surface area contributed by atoms with Crippen molar-refractivity contribution in [1.82, 2.24) is 0 Å². The number of methoxy groups -OCH3 is 1. The molecule has 0 aliphatic heterocycles. The molecule has 7 heteroatoms. The number of rotatable bonds is 7. The Hall–Kier alpha value is -2.67. The minimum Gasteiger partial charge on any atom is -0.465 e. The number of carbonyl (C=O) groups excluding carboxylic acids is 3. The number of thiophene rings is 1. The average Bonchev–Trinajstić information content (AvgIpc) is 3.08. The molecule has 0 atom stereocenters. The Morgan fingerprint density at radius 3 is 2.61 bits per heavy atom. The van der Waals surface area contributed by atoms with Gasteiger partial charge in [-0.1, -0.05) is 30.3 Å². The maximum atomic E-state index is 12.2. The summed E-state index contributed by atoms with van der Waals surface area (Å²) < 4.78 is 9.95. The van der Waals surface area contributed by atoms with E-state index in [0.29, 0.717) is 17.0 Å². The van der Waals surface area contributed by atoms with Crippen molar-refractivity contribution in [2.45, 2.75) is 38.5 Å². The number of aryl methyl sites for hydroxylation is 2. The van der Waals surface area contributed by atoms with Gasteiger partial charge in [-0.05, 0) is 43.2 Å². The summed E-state index contributed by atoms with van der Waals surface area (Å²) in [7, 11) is 1.33. The van der Waals surface area contributed by atoms with Gasteiger partial charge in [-0.25, -0.2) is 4.79 Å². The highest BCUT2D eigenvalue weighted by Gasteiger charge is 2.27. The maximum Gasteiger partial charge on any atom is 0.341 e. The quantitative estimate of drug-likeness (QED) is 0.718. The molecule has 0 radical (unpaired) electrons. The van der Waals surface area contributed by atoms with Crippen LogP contribution in [0, 0.1) is 0 Å². The molecule has 0 unspecified atom stereocenters. The highest BCUT2D eigenvalue weighted by molar-refractivity contribution is 7.17. The van der Waals surface area contributed by atoms with Crippen molar-refractivity contribution in [3.05, 3.63) is 51.9 Å². The Labute approximate surface area is 167 Å². The van der Waals surface area contributed by atoms with Crippen LogP contribution in [0.15, 0.2) is 30.3 Å². The molecule has 1 amide bonds. The second-order valence-corrected chi connectivity index (χ2v) is 7.71. The molecule has 2 aromatic rings. The molecule has 0 fully saturated rings. The highest BCUT2D eigenvalue weighted by atomic mass is 32.1. The molecule has 28 heavy (non-hydrogen) atoms. The van der Waals surface area contributed by atoms with Gasteiger partial charge in [0, 0.05) is 11.3 Å². The molecule has 1 aliphatic carbocycles. The van der Waals surface area contributed by atoms with E-state index in [-0.39, 0.29) is 13.0 Å². The van der Waals surface area contributed by atoms with Crippen LogP contribution in [-0.2, 0) is 38.3 Å². The monoisotopic (exact) mass is 401 g/mol. The topological polar surface area (TPSA) is 81.7 Å². The summed E-state index contributed by atoms with van der Waals surface area (Å²) in [6.07, 6.45) is 4.55. The van der Waals surface area contributed by atoms with Gasteiger partial charge in [0.2, 0.25) is 0 Å². The number of hydrogen-bond donors (Lipinski definition) is 1. The van der Waals surface area contributed by atoms with Crippen LogP contribution in [0.25, 0.3) is 0 Å². The number of fused-ring (bicyclic) bond motifs is 1. The van der Waals surface area contributed by atoms with E-state index in [0.717, 1.165) is 41.7 Å². The molecule has 1 aromatic carbocycles. The van der Waals surface area contributed by atoms with E-state index >= 15 is 0 Å². The van der Waals surface area contributed by atoms with Crippen molar-refractivity contribution in [3.63, 3.8) is 0 Å². The Bertz CT molecular complexity index is 859. The molecule has 1 aromatic heterocycles. The van der Waals surface area contributed by atoms with E-state index in [9.17, 15) is 14.4 Å². The fourth-order valence-electron chi connectivity index (χ4n) is 3.24. The first-order valence-electron chi connectivity index (χ1n) is 9.30. The number of hydrogen-bond acceptors (Lipinski definition) is 6. The molecule has 0 spiro atoms. The smallest absolute Gasteiger partial charge is 0.341 e. The molecule has 3 rings (SSSR count). The van der Waals surface area contributed by atoms with Gasteiger partial charge in [0.05, 0.1) is 12.7 Å². The van der Waals surface area contributed by atoms with Crippen LogP contribution in [0.5, 0.6) is 0 Å². The summed E-state index contributed by atoms with van der Waals surface area (Å²) in [5, 5.41) is 3.19. The number of ether oxygens (including phenoxy) is 2. The van der Waals surface area contributed by atoms with Gasteiger partial charge >= 0.3 is 11.9 Å². The van der Waals surface area contributed by atoms with Crippen molar-refractivity contribution in [2.75, 3.05) is 19.0 Å². The number of anilines is 1. The summed E-state index contributed by atoms with van der Waals surface area (Å²) in [5.74, 6) is -1.34. The summed E-state index contributed by atoms with van der Waals surface area (Å²) in [6, 6.07) is 9.61. The number of carbonyl (C=O) groups is 3. The molecule has 6 nitrogen and oxygen atoms in total. The van der Waals surface area contributed by atoms with Gasteiger partial charge in [-0.15, -0.1) is 11.3 Å². The van der Waals surface area contributed by atoms with Crippen molar-refractivity contribution in [3.8, 4) is 0 Å². The van der Waals surface area contributed by atoms with Crippen molar-refractivity contribution in [2.24, 2.45) is 0 Å². The Morgan fingerprint density at radius 2 is 1.86 bits per heavy atom. The first kappa shape index (κ1) is 20.1. The van der Waals surface area contributed by atoms with Crippen LogP contribution in [0.4, 0.5) is 5.00 Å².